The summed E-state index contributed by atoms with van der Waals surface area (Å²) in [7, 11) is 0. The van der Waals surface area contributed by atoms with Gasteiger partial charge in [0.25, 0.3) is 0 Å². The first-order valence-corrected chi connectivity index (χ1v) is 13.1. The summed E-state index contributed by atoms with van der Waals surface area (Å²) in [5, 5.41) is 39.9. The largest absolute Gasteiger partial charge is 0.481 e. The van der Waals surface area contributed by atoms with Gasteiger partial charge in [0.05, 0.1) is 28.5 Å². The third kappa shape index (κ3) is 6.93. The first-order chi connectivity index (χ1) is 15.8. The van der Waals surface area contributed by atoms with Crippen molar-refractivity contribution in [3.05, 3.63) is 45.7 Å². The van der Waals surface area contributed by atoms with Gasteiger partial charge in [-0.25, -0.2) is 0 Å². The highest BCUT2D eigenvalue weighted by atomic mass is 35.5. The van der Waals surface area contributed by atoms with E-state index in [-0.39, 0.29) is 29.6 Å². The molecule has 0 spiro atoms. The van der Waals surface area contributed by atoms with Crippen molar-refractivity contribution in [3.63, 3.8) is 0 Å². The molecular formula is C26H34ClNO4S. The molecule has 0 saturated heterocycles. The summed E-state index contributed by atoms with van der Waals surface area (Å²) in [4.78, 5) is 11.8. The maximum atomic E-state index is 11.0. The number of aliphatic hydroxyl groups excluding tert-OH is 2. The van der Waals surface area contributed by atoms with Crippen LogP contribution in [0.15, 0.2) is 36.4 Å². The number of allylic oxidation sites excluding steroid dienone is 2. The lowest BCUT2D eigenvalue weighted by Crippen LogP contribution is -2.42. The molecule has 0 bridgehead atoms. The van der Waals surface area contributed by atoms with Crippen LogP contribution in [-0.4, -0.2) is 33.5 Å². The number of rotatable bonds is 12. The van der Waals surface area contributed by atoms with E-state index in [2.05, 4.69) is 6.07 Å². The van der Waals surface area contributed by atoms with E-state index in [4.69, 9.17) is 16.7 Å². The van der Waals surface area contributed by atoms with Gasteiger partial charge in [-0.15, -0.1) is 11.3 Å². The SMILES string of the molecule is N#CC1C[C@@H](O)C(/C=C/CC(O)C2(Cc3ccc(Cl)s3)CCC2)C1C/C=C\CCCC(=O)O. The Labute approximate surface area is 205 Å². The summed E-state index contributed by atoms with van der Waals surface area (Å²) in [5.74, 6) is -1.08. The Morgan fingerprint density at radius 2 is 2.12 bits per heavy atom. The normalized spacial score (nSPS) is 27.6. The zero-order valence-corrected chi connectivity index (χ0v) is 20.5. The van der Waals surface area contributed by atoms with Gasteiger partial charge in [-0.2, -0.15) is 5.26 Å². The molecule has 1 heterocycles. The number of unbranched alkanes of at least 4 members (excludes halogenated alkanes) is 1. The number of thiophene rings is 1. The predicted octanol–water partition coefficient (Wildman–Crippen LogP) is 5.76. The quantitative estimate of drug-likeness (QED) is 0.255. The van der Waals surface area contributed by atoms with Gasteiger partial charge in [-0.05, 0) is 69.4 Å². The molecule has 5 nitrogen and oxygen atoms in total. The lowest BCUT2D eigenvalue weighted by Gasteiger charge is -2.45. The average molecular weight is 492 g/mol. The number of aliphatic carboxylic acids is 1. The zero-order chi connectivity index (χ0) is 23.8. The minimum absolute atomic E-state index is 0.0278. The molecule has 3 N–H and O–H groups in total. The minimum atomic E-state index is -0.790. The molecule has 33 heavy (non-hydrogen) atoms. The number of halogens is 1. The van der Waals surface area contributed by atoms with Crippen molar-refractivity contribution < 1.29 is 20.1 Å². The van der Waals surface area contributed by atoms with Gasteiger partial charge in [0.15, 0.2) is 0 Å². The van der Waals surface area contributed by atoms with Crippen molar-refractivity contribution in [2.75, 3.05) is 0 Å². The third-order valence-electron chi connectivity index (χ3n) is 7.38. The van der Waals surface area contributed by atoms with Crippen LogP contribution in [0.3, 0.4) is 0 Å². The third-order valence-corrected chi connectivity index (χ3v) is 8.61. The lowest BCUT2D eigenvalue weighted by atomic mass is 9.62. The van der Waals surface area contributed by atoms with E-state index in [0.29, 0.717) is 32.1 Å². The van der Waals surface area contributed by atoms with Gasteiger partial charge < -0.3 is 15.3 Å². The molecule has 2 saturated carbocycles. The Kier molecular flexibility index (Phi) is 9.57. The van der Waals surface area contributed by atoms with Gasteiger partial charge >= 0.3 is 5.97 Å². The molecule has 7 heteroatoms. The van der Waals surface area contributed by atoms with Gasteiger partial charge in [0.2, 0.25) is 0 Å². The van der Waals surface area contributed by atoms with Crippen LogP contribution < -0.4 is 0 Å². The van der Waals surface area contributed by atoms with Crippen molar-refractivity contribution in [1.29, 1.82) is 5.26 Å². The van der Waals surface area contributed by atoms with E-state index in [0.717, 1.165) is 30.0 Å². The Morgan fingerprint density at radius 3 is 2.73 bits per heavy atom. The fraction of sp³-hybridized carbons (Fsp3) is 0.615. The monoisotopic (exact) mass is 491 g/mol. The number of aliphatic hydroxyl groups is 2. The van der Waals surface area contributed by atoms with Gasteiger partial charge in [-0.1, -0.05) is 42.3 Å². The average Bonchev–Trinajstić information content (AvgIpc) is 3.29. The number of hydrogen-bond donors (Lipinski definition) is 3. The summed E-state index contributed by atoms with van der Waals surface area (Å²) < 4.78 is 0.776. The Hall–Kier alpha value is -1.65. The molecule has 2 aliphatic rings. The maximum Gasteiger partial charge on any atom is 0.303 e. The number of carbonyl (C=O) groups is 1. The first kappa shape index (κ1) is 26.0. The fourth-order valence-corrected chi connectivity index (χ4v) is 6.54. The first-order valence-electron chi connectivity index (χ1n) is 11.9. The van der Waals surface area contributed by atoms with E-state index in [1.165, 1.54) is 4.88 Å². The molecule has 2 fully saturated rings. The van der Waals surface area contributed by atoms with Crippen LogP contribution in [0.5, 0.6) is 0 Å². The molecule has 0 amide bonds. The van der Waals surface area contributed by atoms with E-state index >= 15 is 0 Å². The number of hydrogen-bond acceptors (Lipinski definition) is 5. The molecule has 0 aliphatic heterocycles. The molecule has 0 aromatic carbocycles. The number of carboxylic acid groups (broad SMARTS) is 1. The van der Waals surface area contributed by atoms with Gasteiger partial charge in [-0.3, -0.25) is 4.79 Å². The minimum Gasteiger partial charge on any atom is -0.481 e. The molecule has 5 atom stereocenters. The second-order valence-electron chi connectivity index (χ2n) is 9.55. The van der Waals surface area contributed by atoms with Crippen molar-refractivity contribution in [2.24, 2.45) is 23.2 Å². The van der Waals surface area contributed by atoms with E-state index in [1.54, 1.807) is 11.3 Å². The van der Waals surface area contributed by atoms with Crippen LogP contribution in [0, 0.1) is 34.5 Å². The van der Waals surface area contributed by atoms with E-state index < -0.39 is 18.2 Å². The summed E-state index contributed by atoms with van der Waals surface area (Å²) in [6, 6.07) is 6.31. The fourth-order valence-electron chi connectivity index (χ4n) is 5.30. The van der Waals surface area contributed by atoms with Crippen molar-refractivity contribution in [3.8, 4) is 6.07 Å². The standard InChI is InChI=1S/C26H34ClNO4S/c27-24-12-11-19(33-24)16-26(13-6-14-26)23(30)9-5-8-21-20(18(17-28)15-22(21)29)7-3-1-2-4-10-25(31)32/h1,3,5,8,11-12,18,20-23,29-30H,2,4,6-7,9-10,13-16H2,(H,31,32)/b3-1-,8-5+/t18?,20?,21?,22-,23?/m1/s1. The van der Waals surface area contributed by atoms with Crippen LogP contribution in [-0.2, 0) is 11.2 Å². The smallest absolute Gasteiger partial charge is 0.303 e. The molecule has 2 aliphatic carbocycles. The van der Waals surface area contributed by atoms with Gasteiger partial charge in [0.1, 0.15) is 0 Å². The summed E-state index contributed by atoms with van der Waals surface area (Å²) in [5.41, 5.74) is -0.0971. The second-order valence-corrected chi connectivity index (χ2v) is 11.4. The summed E-state index contributed by atoms with van der Waals surface area (Å²) in [6.45, 7) is 0. The molecule has 3 rings (SSSR count). The highest BCUT2D eigenvalue weighted by Gasteiger charge is 2.44. The molecule has 1 aromatic heterocycles. The number of carboxylic acids is 1. The van der Waals surface area contributed by atoms with Gasteiger partial charge in [0, 0.05) is 22.6 Å². The zero-order valence-electron chi connectivity index (χ0n) is 18.9. The Bertz CT molecular complexity index is 885. The Morgan fingerprint density at radius 1 is 1.33 bits per heavy atom. The predicted molar refractivity (Wildman–Crippen MR) is 131 cm³/mol. The van der Waals surface area contributed by atoms with Crippen LogP contribution in [0.2, 0.25) is 4.34 Å². The van der Waals surface area contributed by atoms with Crippen molar-refractivity contribution >= 4 is 28.9 Å². The van der Waals surface area contributed by atoms with Crippen molar-refractivity contribution in [1.82, 2.24) is 0 Å². The molecule has 4 unspecified atom stereocenters. The molecular weight excluding hydrogens is 458 g/mol. The summed E-state index contributed by atoms with van der Waals surface area (Å²) in [6.07, 6.45) is 14.1. The lowest BCUT2D eigenvalue weighted by molar-refractivity contribution is -0.137. The highest BCUT2D eigenvalue weighted by Crippen LogP contribution is 2.49. The highest BCUT2D eigenvalue weighted by molar-refractivity contribution is 7.16. The van der Waals surface area contributed by atoms with Crippen LogP contribution >= 0.6 is 22.9 Å². The molecule has 0 radical (unpaired) electrons. The van der Waals surface area contributed by atoms with Crippen LogP contribution in [0.4, 0.5) is 0 Å². The number of nitrogens with zero attached hydrogens (tertiary/aromatic N) is 1. The second kappa shape index (κ2) is 12.2. The van der Waals surface area contributed by atoms with Crippen LogP contribution in [0.25, 0.3) is 0 Å². The van der Waals surface area contributed by atoms with Crippen molar-refractivity contribution in [2.45, 2.75) is 76.4 Å². The molecule has 1 aromatic rings. The summed E-state index contributed by atoms with van der Waals surface area (Å²) >= 11 is 7.66. The Balaban J connectivity index is 1.56. The van der Waals surface area contributed by atoms with Crippen LogP contribution in [0.1, 0.15) is 62.7 Å². The maximum absolute atomic E-state index is 11.0. The van der Waals surface area contributed by atoms with E-state index in [9.17, 15) is 20.3 Å². The number of nitriles is 1. The topological polar surface area (TPSA) is 102 Å². The molecule has 180 valence electrons. The van der Waals surface area contributed by atoms with E-state index in [1.807, 2.05) is 36.4 Å².